The molecule has 1 aliphatic rings. The lowest BCUT2D eigenvalue weighted by Crippen LogP contribution is -2.49. The summed E-state index contributed by atoms with van der Waals surface area (Å²) in [4.78, 5) is 12.6. The first kappa shape index (κ1) is 15.0. The van der Waals surface area contributed by atoms with Gasteiger partial charge in [-0.2, -0.15) is 0 Å². The van der Waals surface area contributed by atoms with E-state index in [0.29, 0.717) is 12.0 Å². The van der Waals surface area contributed by atoms with Crippen LogP contribution in [-0.4, -0.2) is 25.0 Å². The smallest absolute Gasteiger partial charge is 0.227 e. The zero-order valence-corrected chi connectivity index (χ0v) is 12.6. The van der Waals surface area contributed by atoms with E-state index in [2.05, 4.69) is 36.6 Å². The summed E-state index contributed by atoms with van der Waals surface area (Å²) < 4.78 is 0. The van der Waals surface area contributed by atoms with Crippen molar-refractivity contribution in [3.05, 3.63) is 35.9 Å². The van der Waals surface area contributed by atoms with Crippen molar-refractivity contribution in [2.75, 3.05) is 13.1 Å². The van der Waals surface area contributed by atoms with Crippen LogP contribution in [0.1, 0.15) is 44.6 Å². The van der Waals surface area contributed by atoms with Crippen LogP contribution in [0.5, 0.6) is 0 Å². The van der Waals surface area contributed by atoms with Crippen molar-refractivity contribution in [1.82, 2.24) is 10.6 Å². The van der Waals surface area contributed by atoms with Crippen molar-refractivity contribution in [1.29, 1.82) is 0 Å². The Labute approximate surface area is 122 Å². The molecule has 0 bridgehead atoms. The second kappa shape index (κ2) is 7.44. The molecule has 1 amide bonds. The Kier molecular flexibility index (Phi) is 5.60. The topological polar surface area (TPSA) is 41.1 Å². The summed E-state index contributed by atoms with van der Waals surface area (Å²) in [5, 5.41) is 6.65. The van der Waals surface area contributed by atoms with Gasteiger partial charge < -0.3 is 10.6 Å². The molecular weight excluding hydrogens is 248 g/mol. The van der Waals surface area contributed by atoms with Crippen LogP contribution in [0.4, 0.5) is 0 Å². The Balaban J connectivity index is 2.03. The van der Waals surface area contributed by atoms with E-state index >= 15 is 0 Å². The van der Waals surface area contributed by atoms with Gasteiger partial charge in [0, 0.05) is 6.04 Å². The molecule has 20 heavy (non-hydrogen) atoms. The standard InChI is InChI=1S/C17H26N2O/c1-3-7-15(14-8-5-4-6-9-14)17(20)19-16-10-11-18-12-13(16)2/h4-6,8-9,13,15-16,18H,3,7,10-12H2,1-2H3,(H,19,20). The normalized spacial score (nSPS) is 24.1. The minimum atomic E-state index is -0.0108. The van der Waals surface area contributed by atoms with Crippen molar-refractivity contribution in [3.8, 4) is 0 Å². The number of hydrogen-bond donors (Lipinski definition) is 2. The van der Waals surface area contributed by atoms with Crippen LogP contribution in [0.3, 0.4) is 0 Å². The monoisotopic (exact) mass is 274 g/mol. The molecule has 0 saturated carbocycles. The number of hydrogen-bond acceptors (Lipinski definition) is 2. The molecule has 0 radical (unpaired) electrons. The molecule has 1 aromatic rings. The highest BCUT2D eigenvalue weighted by Gasteiger charge is 2.26. The lowest BCUT2D eigenvalue weighted by molar-refractivity contribution is -0.124. The number of piperidine rings is 1. The van der Waals surface area contributed by atoms with Crippen LogP contribution in [0, 0.1) is 5.92 Å². The molecule has 110 valence electrons. The summed E-state index contributed by atoms with van der Waals surface area (Å²) in [6, 6.07) is 10.5. The van der Waals surface area contributed by atoms with Gasteiger partial charge in [-0.3, -0.25) is 4.79 Å². The lowest BCUT2D eigenvalue weighted by Gasteiger charge is -2.31. The summed E-state index contributed by atoms with van der Waals surface area (Å²) in [6.45, 7) is 6.33. The van der Waals surface area contributed by atoms with Gasteiger partial charge in [-0.15, -0.1) is 0 Å². The maximum Gasteiger partial charge on any atom is 0.227 e. The minimum Gasteiger partial charge on any atom is -0.352 e. The molecule has 1 fully saturated rings. The average Bonchev–Trinajstić information content (AvgIpc) is 2.48. The van der Waals surface area contributed by atoms with Gasteiger partial charge in [0.2, 0.25) is 5.91 Å². The fourth-order valence-electron chi connectivity index (χ4n) is 2.93. The zero-order chi connectivity index (χ0) is 14.4. The number of nitrogens with one attached hydrogen (secondary N) is 2. The molecule has 3 unspecified atom stereocenters. The summed E-state index contributed by atoms with van der Waals surface area (Å²) in [7, 11) is 0. The van der Waals surface area contributed by atoms with Crippen molar-refractivity contribution in [2.45, 2.75) is 45.1 Å². The van der Waals surface area contributed by atoms with E-state index in [-0.39, 0.29) is 11.8 Å². The average molecular weight is 274 g/mol. The molecule has 2 N–H and O–H groups in total. The van der Waals surface area contributed by atoms with E-state index in [4.69, 9.17) is 0 Å². The van der Waals surface area contributed by atoms with E-state index in [0.717, 1.165) is 37.9 Å². The van der Waals surface area contributed by atoms with Crippen LogP contribution in [-0.2, 0) is 4.79 Å². The largest absolute Gasteiger partial charge is 0.352 e. The molecule has 1 saturated heterocycles. The Morgan fingerprint density at radius 1 is 1.40 bits per heavy atom. The SMILES string of the molecule is CCCC(C(=O)NC1CCNCC1C)c1ccccc1. The molecule has 0 aromatic heterocycles. The second-order valence-electron chi connectivity index (χ2n) is 5.84. The summed E-state index contributed by atoms with van der Waals surface area (Å²) >= 11 is 0. The molecule has 1 aromatic carbocycles. The number of benzene rings is 1. The summed E-state index contributed by atoms with van der Waals surface area (Å²) in [5.74, 6) is 0.686. The van der Waals surface area contributed by atoms with Gasteiger partial charge in [-0.25, -0.2) is 0 Å². The third-order valence-electron chi connectivity index (χ3n) is 4.21. The van der Waals surface area contributed by atoms with Crippen molar-refractivity contribution in [2.24, 2.45) is 5.92 Å². The lowest BCUT2D eigenvalue weighted by atomic mass is 9.91. The highest BCUT2D eigenvalue weighted by atomic mass is 16.1. The van der Waals surface area contributed by atoms with Gasteiger partial charge in [0.15, 0.2) is 0 Å². The predicted molar refractivity (Wildman–Crippen MR) is 82.7 cm³/mol. The Bertz CT molecular complexity index is 418. The third-order valence-corrected chi connectivity index (χ3v) is 4.21. The van der Waals surface area contributed by atoms with E-state index in [1.165, 1.54) is 0 Å². The number of rotatable bonds is 5. The van der Waals surface area contributed by atoms with Crippen LogP contribution in [0.15, 0.2) is 30.3 Å². The maximum atomic E-state index is 12.6. The van der Waals surface area contributed by atoms with Crippen LogP contribution in [0.2, 0.25) is 0 Å². The first-order valence-corrected chi connectivity index (χ1v) is 7.78. The van der Waals surface area contributed by atoms with E-state index in [1.54, 1.807) is 0 Å². The number of amides is 1. The number of carbonyl (C=O) groups excluding carboxylic acids is 1. The van der Waals surface area contributed by atoms with Crippen LogP contribution >= 0.6 is 0 Å². The number of carbonyl (C=O) groups is 1. The molecule has 3 heteroatoms. The fourth-order valence-corrected chi connectivity index (χ4v) is 2.93. The van der Waals surface area contributed by atoms with Crippen LogP contribution < -0.4 is 10.6 Å². The van der Waals surface area contributed by atoms with Gasteiger partial charge in [0.05, 0.1) is 5.92 Å². The molecule has 1 heterocycles. The first-order chi connectivity index (χ1) is 9.72. The quantitative estimate of drug-likeness (QED) is 0.867. The highest BCUT2D eigenvalue weighted by Crippen LogP contribution is 2.22. The second-order valence-corrected chi connectivity index (χ2v) is 5.84. The molecule has 0 spiro atoms. The van der Waals surface area contributed by atoms with Crippen molar-refractivity contribution >= 4 is 5.91 Å². The van der Waals surface area contributed by atoms with Gasteiger partial charge in [-0.05, 0) is 37.4 Å². The molecule has 1 aliphatic heterocycles. The van der Waals surface area contributed by atoms with Crippen molar-refractivity contribution in [3.63, 3.8) is 0 Å². The molecule has 2 rings (SSSR count). The van der Waals surface area contributed by atoms with Gasteiger partial charge >= 0.3 is 0 Å². The van der Waals surface area contributed by atoms with Gasteiger partial charge in [-0.1, -0.05) is 50.6 Å². The van der Waals surface area contributed by atoms with Gasteiger partial charge in [0.1, 0.15) is 0 Å². The minimum absolute atomic E-state index is 0.0108. The molecule has 3 atom stereocenters. The molecule has 0 aliphatic carbocycles. The Hall–Kier alpha value is -1.35. The maximum absolute atomic E-state index is 12.6. The zero-order valence-electron chi connectivity index (χ0n) is 12.6. The van der Waals surface area contributed by atoms with Gasteiger partial charge in [0.25, 0.3) is 0 Å². The van der Waals surface area contributed by atoms with E-state index in [9.17, 15) is 4.79 Å². The van der Waals surface area contributed by atoms with Crippen molar-refractivity contribution < 1.29 is 4.79 Å². The summed E-state index contributed by atoms with van der Waals surface area (Å²) in [5.41, 5.74) is 1.13. The summed E-state index contributed by atoms with van der Waals surface area (Å²) in [6.07, 6.45) is 2.96. The molecular formula is C17H26N2O. The Morgan fingerprint density at radius 3 is 2.80 bits per heavy atom. The highest BCUT2D eigenvalue weighted by molar-refractivity contribution is 5.83. The third kappa shape index (κ3) is 3.83. The van der Waals surface area contributed by atoms with E-state index in [1.807, 2.05) is 18.2 Å². The molecule has 3 nitrogen and oxygen atoms in total. The predicted octanol–water partition coefficient (Wildman–Crippen LogP) is 2.68. The van der Waals surface area contributed by atoms with Crippen LogP contribution in [0.25, 0.3) is 0 Å². The fraction of sp³-hybridized carbons (Fsp3) is 0.588. The van der Waals surface area contributed by atoms with E-state index < -0.39 is 0 Å². The Morgan fingerprint density at radius 2 is 2.15 bits per heavy atom. The first-order valence-electron chi connectivity index (χ1n) is 7.78.